The molecule has 0 bridgehead atoms. The lowest BCUT2D eigenvalue weighted by molar-refractivity contribution is 0.282. The molecule has 3 nitrogen and oxygen atoms in total. The van der Waals surface area contributed by atoms with E-state index in [2.05, 4.69) is 21.2 Å². The molecule has 0 amide bonds. The number of hydrogen-bond acceptors (Lipinski definition) is 3. The monoisotopic (exact) mass is 320 g/mol. The van der Waals surface area contributed by atoms with Crippen molar-refractivity contribution in [1.29, 1.82) is 0 Å². The van der Waals surface area contributed by atoms with Gasteiger partial charge >= 0.3 is 0 Å². The Morgan fingerprint density at radius 2 is 2.18 bits per heavy atom. The van der Waals surface area contributed by atoms with E-state index >= 15 is 0 Å². The number of benzene rings is 1. The summed E-state index contributed by atoms with van der Waals surface area (Å²) >= 11 is 9.35. The predicted molar refractivity (Wildman–Crippen MR) is 75.3 cm³/mol. The highest BCUT2D eigenvalue weighted by molar-refractivity contribution is 9.10. The van der Waals surface area contributed by atoms with E-state index in [0.29, 0.717) is 11.6 Å². The molecule has 0 fully saturated rings. The molecule has 1 atom stereocenters. The second-order valence-electron chi connectivity index (χ2n) is 3.85. The van der Waals surface area contributed by atoms with Crippen molar-refractivity contribution in [2.24, 2.45) is 5.73 Å². The number of aliphatic hydroxyl groups excluding tert-OH is 1. The lowest BCUT2D eigenvalue weighted by Crippen LogP contribution is -2.29. The van der Waals surface area contributed by atoms with E-state index in [1.165, 1.54) is 0 Å². The molecule has 5 heteroatoms. The molecule has 0 aliphatic rings. The van der Waals surface area contributed by atoms with Crippen molar-refractivity contribution in [3.8, 4) is 0 Å². The van der Waals surface area contributed by atoms with Gasteiger partial charge in [0.15, 0.2) is 0 Å². The van der Waals surface area contributed by atoms with Gasteiger partial charge in [-0.05, 0) is 53.0 Å². The van der Waals surface area contributed by atoms with Crippen LogP contribution in [0.3, 0.4) is 0 Å². The van der Waals surface area contributed by atoms with Crippen molar-refractivity contribution >= 4 is 27.5 Å². The fraction of sp³-hybridized carbons (Fsp3) is 0.500. The van der Waals surface area contributed by atoms with Gasteiger partial charge in [-0.2, -0.15) is 0 Å². The number of hydrogen-bond donors (Lipinski definition) is 3. The van der Waals surface area contributed by atoms with Gasteiger partial charge in [-0.15, -0.1) is 0 Å². The average molecular weight is 322 g/mol. The van der Waals surface area contributed by atoms with Gasteiger partial charge < -0.3 is 16.2 Å². The van der Waals surface area contributed by atoms with Crippen LogP contribution in [0.15, 0.2) is 22.7 Å². The van der Waals surface area contributed by atoms with E-state index in [4.69, 9.17) is 22.4 Å². The highest BCUT2D eigenvalue weighted by Crippen LogP contribution is 2.25. The molecule has 1 aromatic rings. The van der Waals surface area contributed by atoms with Crippen LogP contribution in [0, 0.1) is 0 Å². The first-order chi connectivity index (χ1) is 8.19. The summed E-state index contributed by atoms with van der Waals surface area (Å²) in [6.07, 6.45) is 1.76. The Bertz CT molecular complexity index is 349. The third-order valence-corrected chi connectivity index (χ3v) is 3.77. The first-order valence-electron chi connectivity index (χ1n) is 5.68. The SMILES string of the molecule is NCC(NCCCCO)c1ccc(Cl)c(Br)c1. The van der Waals surface area contributed by atoms with E-state index in [0.717, 1.165) is 29.4 Å². The van der Waals surface area contributed by atoms with E-state index in [9.17, 15) is 0 Å². The number of nitrogens with two attached hydrogens (primary N) is 1. The molecule has 0 saturated carbocycles. The first-order valence-corrected chi connectivity index (χ1v) is 6.85. The van der Waals surface area contributed by atoms with Gasteiger partial charge in [0.25, 0.3) is 0 Å². The van der Waals surface area contributed by atoms with Crippen LogP contribution >= 0.6 is 27.5 Å². The number of aliphatic hydroxyl groups is 1. The van der Waals surface area contributed by atoms with Crippen molar-refractivity contribution in [2.45, 2.75) is 18.9 Å². The highest BCUT2D eigenvalue weighted by Gasteiger charge is 2.09. The lowest BCUT2D eigenvalue weighted by atomic mass is 10.1. The van der Waals surface area contributed by atoms with Crippen LogP contribution in [0.2, 0.25) is 5.02 Å². The van der Waals surface area contributed by atoms with E-state index in [1.54, 1.807) is 0 Å². The Labute approximate surface area is 115 Å². The number of rotatable bonds is 7. The van der Waals surface area contributed by atoms with Gasteiger partial charge in [0.2, 0.25) is 0 Å². The van der Waals surface area contributed by atoms with Crippen molar-refractivity contribution in [3.63, 3.8) is 0 Å². The van der Waals surface area contributed by atoms with E-state index in [-0.39, 0.29) is 12.6 Å². The topological polar surface area (TPSA) is 58.3 Å². The smallest absolute Gasteiger partial charge is 0.0548 e. The minimum absolute atomic E-state index is 0.127. The largest absolute Gasteiger partial charge is 0.396 e. The van der Waals surface area contributed by atoms with Crippen molar-refractivity contribution < 1.29 is 5.11 Å². The average Bonchev–Trinajstić information content (AvgIpc) is 2.33. The molecule has 96 valence electrons. The fourth-order valence-electron chi connectivity index (χ4n) is 1.58. The Balaban J connectivity index is 2.56. The molecule has 0 aromatic heterocycles. The molecule has 4 N–H and O–H groups in total. The molecule has 1 rings (SSSR count). The Kier molecular flexibility index (Phi) is 7.08. The first kappa shape index (κ1) is 14.9. The minimum Gasteiger partial charge on any atom is -0.396 e. The van der Waals surface area contributed by atoms with Gasteiger partial charge in [0.05, 0.1) is 5.02 Å². The van der Waals surface area contributed by atoms with E-state index in [1.807, 2.05) is 18.2 Å². The third-order valence-electron chi connectivity index (χ3n) is 2.56. The van der Waals surface area contributed by atoms with Crippen LogP contribution in [0.25, 0.3) is 0 Å². The van der Waals surface area contributed by atoms with Crippen LogP contribution in [0.4, 0.5) is 0 Å². The zero-order chi connectivity index (χ0) is 12.7. The summed E-state index contributed by atoms with van der Waals surface area (Å²) < 4.78 is 0.882. The van der Waals surface area contributed by atoms with Gasteiger partial charge in [-0.25, -0.2) is 0 Å². The predicted octanol–water partition coefficient (Wildman–Crippen LogP) is 2.46. The second kappa shape index (κ2) is 8.06. The molecular formula is C12H18BrClN2O. The Hall–Kier alpha value is -0.130. The maximum absolute atomic E-state index is 8.70. The number of halogens is 2. The summed E-state index contributed by atoms with van der Waals surface area (Å²) in [4.78, 5) is 0. The van der Waals surface area contributed by atoms with Crippen molar-refractivity contribution in [1.82, 2.24) is 5.32 Å². The summed E-state index contributed by atoms with van der Waals surface area (Å²) in [7, 11) is 0. The van der Waals surface area contributed by atoms with Crippen molar-refractivity contribution in [2.75, 3.05) is 19.7 Å². The quantitative estimate of drug-likeness (QED) is 0.676. The molecule has 0 aliphatic carbocycles. The van der Waals surface area contributed by atoms with Crippen LogP contribution in [0.1, 0.15) is 24.4 Å². The summed E-state index contributed by atoms with van der Waals surface area (Å²) in [5.41, 5.74) is 6.87. The fourth-order valence-corrected chi connectivity index (χ4v) is 2.09. The minimum atomic E-state index is 0.127. The van der Waals surface area contributed by atoms with Crippen LogP contribution < -0.4 is 11.1 Å². The Morgan fingerprint density at radius 3 is 2.76 bits per heavy atom. The standard InChI is InChI=1S/C12H18BrClN2O/c13-10-7-9(3-4-11(10)14)12(8-15)16-5-1-2-6-17/h3-4,7,12,16-17H,1-2,5-6,8,15H2. The Morgan fingerprint density at radius 1 is 1.41 bits per heavy atom. The molecule has 17 heavy (non-hydrogen) atoms. The van der Waals surface area contributed by atoms with Crippen LogP contribution in [0.5, 0.6) is 0 Å². The molecule has 0 saturated heterocycles. The molecule has 1 unspecified atom stereocenters. The summed E-state index contributed by atoms with van der Waals surface area (Å²) in [5.74, 6) is 0. The molecule has 0 radical (unpaired) electrons. The van der Waals surface area contributed by atoms with E-state index < -0.39 is 0 Å². The van der Waals surface area contributed by atoms with Gasteiger partial charge in [-0.1, -0.05) is 17.7 Å². The van der Waals surface area contributed by atoms with Crippen LogP contribution in [-0.2, 0) is 0 Å². The molecular weight excluding hydrogens is 304 g/mol. The molecule has 0 spiro atoms. The van der Waals surface area contributed by atoms with Crippen LogP contribution in [-0.4, -0.2) is 24.8 Å². The zero-order valence-electron chi connectivity index (χ0n) is 9.63. The van der Waals surface area contributed by atoms with Crippen molar-refractivity contribution in [3.05, 3.63) is 33.3 Å². The maximum atomic E-state index is 8.70. The van der Waals surface area contributed by atoms with Gasteiger partial charge in [-0.3, -0.25) is 0 Å². The molecule has 0 heterocycles. The summed E-state index contributed by atoms with van der Waals surface area (Å²) in [6, 6.07) is 5.95. The second-order valence-corrected chi connectivity index (χ2v) is 5.11. The molecule has 1 aromatic carbocycles. The lowest BCUT2D eigenvalue weighted by Gasteiger charge is -2.17. The third kappa shape index (κ3) is 4.94. The highest BCUT2D eigenvalue weighted by atomic mass is 79.9. The summed E-state index contributed by atoms with van der Waals surface area (Å²) in [5, 5.41) is 12.8. The van der Waals surface area contributed by atoms with Gasteiger partial charge in [0.1, 0.15) is 0 Å². The normalized spacial score (nSPS) is 12.7. The number of unbranched alkanes of at least 4 members (excludes halogenated alkanes) is 1. The maximum Gasteiger partial charge on any atom is 0.0548 e. The molecule has 0 aliphatic heterocycles. The summed E-state index contributed by atoms with van der Waals surface area (Å²) in [6.45, 7) is 1.62. The number of nitrogens with one attached hydrogen (secondary N) is 1. The zero-order valence-corrected chi connectivity index (χ0v) is 12.0. The van der Waals surface area contributed by atoms with Gasteiger partial charge in [0, 0.05) is 23.7 Å².